The van der Waals surface area contributed by atoms with Crippen LogP contribution in [0, 0.1) is 12.6 Å². The van der Waals surface area contributed by atoms with E-state index in [0.717, 1.165) is 11.1 Å². The molecule has 0 amide bonds. The third-order valence-electron chi connectivity index (χ3n) is 2.02. The van der Waals surface area contributed by atoms with E-state index >= 15 is 0 Å². The number of rotatable bonds is 1. The zero-order valence-corrected chi connectivity index (χ0v) is 12.0. The molecule has 0 radical (unpaired) electrons. The van der Waals surface area contributed by atoms with Crippen molar-refractivity contribution in [2.45, 2.75) is 0 Å². The van der Waals surface area contributed by atoms with Gasteiger partial charge in [0.15, 0.2) is 5.69 Å². The average molecular weight is 412 g/mol. The Morgan fingerprint density at radius 1 is 1.06 bits per heavy atom. The van der Waals surface area contributed by atoms with Crippen molar-refractivity contribution in [1.29, 1.82) is 0 Å². The quantitative estimate of drug-likeness (QED) is 0.367. The second-order valence-electron chi connectivity index (χ2n) is 2.91. The fraction of sp³-hybridized carbons (Fsp3) is 0. The topological polar surface area (TPSA) is 4.36 Å². The predicted octanol–water partition coefficient (Wildman–Crippen LogP) is 4.59. The first kappa shape index (κ1) is 13.4. The monoisotopic (exact) mass is 411 g/mol. The van der Waals surface area contributed by atoms with Crippen molar-refractivity contribution in [2.75, 3.05) is 0 Å². The number of hydrogen-bond acceptors (Lipinski definition) is 0. The van der Waals surface area contributed by atoms with Crippen LogP contribution in [-0.2, 0) is 15.6 Å². The van der Waals surface area contributed by atoms with Crippen LogP contribution in [0.15, 0.2) is 48.5 Å². The van der Waals surface area contributed by atoms with Gasteiger partial charge < -0.3 is 0 Å². The van der Waals surface area contributed by atoms with Crippen molar-refractivity contribution >= 4 is 25.2 Å². The summed E-state index contributed by atoms with van der Waals surface area (Å²) in [4.78, 5) is 3.48. The van der Waals surface area contributed by atoms with Gasteiger partial charge in [0.05, 0.1) is 6.57 Å². The second kappa shape index (κ2) is 7.57. The van der Waals surface area contributed by atoms with Gasteiger partial charge in [0.25, 0.3) is 0 Å². The van der Waals surface area contributed by atoms with Crippen molar-refractivity contribution in [3.63, 3.8) is 0 Å². The maximum atomic E-state index is 7.04. The van der Waals surface area contributed by atoms with E-state index in [9.17, 15) is 0 Å². The van der Waals surface area contributed by atoms with Crippen LogP contribution in [0.5, 0.6) is 0 Å². The molecule has 0 aromatic heterocycles. The fourth-order valence-electron chi connectivity index (χ4n) is 1.36. The van der Waals surface area contributed by atoms with E-state index in [2.05, 4.69) is 26.5 Å². The van der Waals surface area contributed by atoms with Gasteiger partial charge in [-0.3, -0.25) is 0 Å². The SMILES string of the molecule is [C-]#[N+]c1ccccc1-c1[c-]cccc1.[Pd+][I]. The third kappa shape index (κ3) is 3.42. The van der Waals surface area contributed by atoms with Crippen LogP contribution in [-0.4, -0.2) is 0 Å². The molecule has 2 aromatic carbocycles. The summed E-state index contributed by atoms with van der Waals surface area (Å²) in [5, 5.41) is 0. The summed E-state index contributed by atoms with van der Waals surface area (Å²) in [6.07, 6.45) is 0. The van der Waals surface area contributed by atoms with Crippen LogP contribution < -0.4 is 0 Å². The molecule has 0 aliphatic heterocycles. The Balaban J connectivity index is 0.000000606. The molecule has 0 saturated carbocycles. The standard InChI is InChI=1S/C13H8N.HI.Pd/c1-14-13-10-6-5-9-12(13)11-7-3-2-4-8-11;;/h2-7,9-10H;1H;/q-1;;+2/p-1. The summed E-state index contributed by atoms with van der Waals surface area (Å²) < 4.78 is 0. The summed E-state index contributed by atoms with van der Waals surface area (Å²) in [7, 11) is 0. The summed E-state index contributed by atoms with van der Waals surface area (Å²) in [5.41, 5.74) is 2.59. The summed E-state index contributed by atoms with van der Waals surface area (Å²) in [6.45, 7) is 7.04. The van der Waals surface area contributed by atoms with E-state index < -0.39 is 0 Å². The van der Waals surface area contributed by atoms with Crippen LogP contribution in [0.1, 0.15) is 0 Å². The van der Waals surface area contributed by atoms with Crippen LogP contribution in [0.3, 0.4) is 0 Å². The Bertz CT molecular complexity index is 477. The van der Waals surface area contributed by atoms with Crippen LogP contribution in [0.4, 0.5) is 5.69 Å². The molecule has 0 fully saturated rings. The van der Waals surface area contributed by atoms with Crippen molar-refractivity contribution in [1.82, 2.24) is 0 Å². The first-order valence-corrected chi connectivity index (χ1v) is 9.10. The molecule has 0 unspecified atom stereocenters. The molecule has 82 valence electrons. The predicted molar refractivity (Wildman–Crippen MR) is 71.0 cm³/mol. The van der Waals surface area contributed by atoms with Crippen molar-refractivity contribution < 1.29 is 15.6 Å². The molecule has 0 N–H and O–H groups in total. The zero-order valence-electron chi connectivity index (χ0n) is 8.26. The van der Waals surface area contributed by atoms with Crippen molar-refractivity contribution in [3.05, 3.63) is 66.0 Å². The van der Waals surface area contributed by atoms with E-state index in [-0.39, 0.29) is 0 Å². The molecule has 1 nitrogen and oxygen atoms in total. The van der Waals surface area contributed by atoms with Crippen LogP contribution >= 0.6 is 19.5 Å². The second-order valence-corrected chi connectivity index (χ2v) is 2.91. The molecule has 0 saturated heterocycles. The molecule has 0 heterocycles. The first-order chi connectivity index (χ1) is 7.92. The van der Waals surface area contributed by atoms with Gasteiger partial charge >= 0.3 is 35.1 Å². The molecule has 0 spiro atoms. The normalized spacial score (nSPS) is 8.62. The molecule has 16 heavy (non-hydrogen) atoms. The van der Waals surface area contributed by atoms with Gasteiger partial charge in [-0.15, -0.1) is 36.4 Å². The Morgan fingerprint density at radius 2 is 1.75 bits per heavy atom. The van der Waals surface area contributed by atoms with Gasteiger partial charge in [0.2, 0.25) is 0 Å². The Morgan fingerprint density at radius 3 is 2.38 bits per heavy atom. The third-order valence-corrected chi connectivity index (χ3v) is 2.02. The van der Waals surface area contributed by atoms with E-state index in [1.54, 1.807) is 0 Å². The summed E-state index contributed by atoms with van der Waals surface area (Å²) >= 11 is 4.72. The molecule has 0 bridgehead atoms. The number of para-hydroxylation sites is 1. The van der Waals surface area contributed by atoms with Crippen LogP contribution in [0.25, 0.3) is 16.0 Å². The summed E-state index contributed by atoms with van der Waals surface area (Å²) in [6, 6.07) is 18.4. The molecular formula is C13H8INPd. The molecule has 0 aliphatic carbocycles. The zero-order chi connectivity index (χ0) is 11.8. The first-order valence-electron chi connectivity index (χ1n) is 4.47. The van der Waals surface area contributed by atoms with Gasteiger partial charge in [-0.05, 0) is 0 Å². The van der Waals surface area contributed by atoms with Crippen molar-refractivity contribution in [3.8, 4) is 11.1 Å². The molecule has 2 aromatic rings. The fourth-order valence-corrected chi connectivity index (χ4v) is 1.36. The minimum atomic E-state index is 0.676. The van der Waals surface area contributed by atoms with Gasteiger partial charge in [0, 0.05) is 0 Å². The van der Waals surface area contributed by atoms with Crippen LogP contribution in [0.2, 0.25) is 0 Å². The van der Waals surface area contributed by atoms with E-state index in [4.69, 9.17) is 6.57 Å². The van der Waals surface area contributed by atoms with Gasteiger partial charge in [-0.25, -0.2) is 4.85 Å². The Hall–Kier alpha value is -0.678. The number of halogens is 1. The van der Waals surface area contributed by atoms with E-state index in [1.165, 1.54) is 0 Å². The number of hydrogen-bond donors (Lipinski definition) is 0. The van der Waals surface area contributed by atoms with Gasteiger partial charge in [-0.2, -0.15) is 5.56 Å². The minimum absolute atomic E-state index is 0.676. The van der Waals surface area contributed by atoms with Crippen molar-refractivity contribution in [2.24, 2.45) is 0 Å². The van der Waals surface area contributed by atoms with Gasteiger partial charge in [0.1, 0.15) is 0 Å². The number of benzene rings is 2. The maximum absolute atomic E-state index is 7.04. The molecule has 2 rings (SSSR count). The summed E-state index contributed by atoms with van der Waals surface area (Å²) in [5.74, 6) is 0. The molecule has 3 heteroatoms. The molecular weight excluding hydrogens is 403 g/mol. The van der Waals surface area contributed by atoms with E-state index in [0.29, 0.717) is 5.69 Å². The molecule has 0 aliphatic rings. The number of nitrogens with zero attached hydrogens (tertiary/aromatic N) is 1. The molecule has 0 atom stereocenters. The van der Waals surface area contributed by atoms with Gasteiger partial charge in [-0.1, -0.05) is 23.8 Å². The Labute approximate surface area is 117 Å². The average Bonchev–Trinajstić information content (AvgIpc) is 2.42. The van der Waals surface area contributed by atoms with E-state index in [1.807, 2.05) is 68.0 Å². The Kier molecular flexibility index (Phi) is 6.34.